The molecule has 1 heterocycles. The fraction of sp³-hybridized carbons (Fsp3) is 0.267. The first-order valence-electron chi connectivity index (χ1n) is 6.14. The Hall–Kier alpha value is -1.45. The molecule has 0 amide bonds. The van der Waals surface area contributed by atoms with Crippen molar-refractivity contribution in [2.45, 2.75) is 19.4 Å². The van der Waals surface area contributed by atoms with Gasteiger partial charge in [0.05, 0.1) is 0 Å². The summed E-state index contributed by atoms with van der Waals surface area (Å²) in [6.45, 7) is 1.95. The van der Waals surface area contributed by atoms with E-state index in [1.807, 2.05) is 26.1 Å². The highest BCUT2D eigenvalue weighted by Gasteiger charge is 2.13. The maximum atomic E-state index is 13.3. The number of aryl methyl sites for hydroxylation is 1. The van der Waals surface area contributed by atoms with Crippen LogP contribution in [-0.2, 0) is 6.42 Å². The third-order valence-corrected chi connectivity index (χ3v) is 3.47. The van der Waals surface area contributed by atoms with Gasteiger partial charge in [-0.25, -0.2) is 4.39 Å². The van der Waals surface area contributed by atoms with Gasteiger partial charge >= 0.3 is 0 Å². The third-order valence-electron chi connectivity index (χ3n) is 3.10. The maximum Gasteiger partial charge on any atom is 0.123 e. The molecular weight excluding hydrogens is 263 g/mol. The van der Waals surface area contributed by atoms with Crippen LogP contribution in [0.5, 0.6) is 0 Å². The molecule has 1 N–H and O–H groups in total. The summed E-state index contributed by atoms with van der Waals surface area (Å²) < 4.78 is 13.3. The largest absolute Gasteiger partial charge is 0.313 e. The summed E-state index contributed by atoms with van der Waals surface area (Å²) in [7, 11) is 1.88. The van der Waals surface area contributed by atoms with Crippen LogP contribution >= 0.6 is 11.6 Å². The smallest absolute Gasteiger partial charge is 0.123 e. The van der Waals surface area contributed by atoms with Gasteiger partial charge in [-0.3, -0.25) is 4.98 Å². The number of halogens is 2. The van der Waals surface area contributed by atoms with Crippen molar-refractivity contribution in [3.8, 4) is 0 Å². The Bertz CT molecular complexity index is 572. The van der Waals surface area contributed by atoms with Gasteiger partial charge < -0.3 is 5.32 Å². The van der Waals surface area contributed by atoms with Crippen molar-refractivity contribution in [1.82, 2.24) is 10.3 Å². The summed E-state index contributed by atoms with van der Waals surface area (Å²) in [6, 6.07) is 8.52. The monoisotopic (exact) mass is 278 g/mol. The molecule has 1 aromatic carbocycles. The van der Waals surface area contributed by atoms with E-state index in [9.17, 15) is 4.39 Å². The molecule has 4 heteroatoms. The second-order valence-electron chi connectivity index (χ2n) is 4.51. The predicted molar refractivity (Wildman–Crippen MR) is 75.9 cm³/mol. The first-order valence-corrected chi connectivity index (χ1v) is 6.51. The van der Waals surface area contributed by atoms with Crippen molar-refractivity contribution < 1.29 is 4.39 Å². The zero-order valence-corrected chi connectivity index (χ0v) is 11.7. The summed E-state index contributed by atoms with van der Waals surface area (Å²) in [5, 5.41) is 3.82. The highest BCUT2D eigenvalue weighted by Crippen LogP contribution is 2.24. The van der Waals surface area contributed by atoms with Gasteiger partial charge in [-0.2, -0.15) is 0 Å². The molecule has 100 valence electrons. The molecule has 0 spiro atoms. The number of benzene rings is 1. The van der Waals surface area contributed by atoms with E-state index < -0.39 is 0 Å². The van der Waals surface area contributed by atoms with Crippen molar-refractivity contribution >= 4 is 11.6 Å². The fourth-order valence-electron chi connectivity index (χ4n) is 2.09. The first kappa shape index (κ1) is 14.0. The summed E-state index contributed by atoms with van der Waals surface area (Å²) in [5.74, 6) is -0.264. The standard InChI is InChI=1S/C15H16ClFN2/c1-10-7-11(5-6-19-10)15(18-2)9-12-8-13(17)3-4-14(12)16/h3-8,15,18H,9H2,1-2H3. The minimum atomic E-state index is -0.264. The second kappa shape index (κ2) is 6.13. The topological polar surface area (TPSA) is 24.9 Å². The lowest BCUT2D eigenvalue weighted by Gasteiger charge is -2.18. The molecule has 0 aliphatic heterocycles. The average molecular weight is 279 g/mol. The second-order valence-corrected chi connectivity index (χ2v) is 4.92. The molecule has 0 radical (unpaired) electrons. The van der Waals surface area contributed by atoms with E-state index in [0.29, 0.717) is 11.4 Å². The first-order chi connectivity index (χ1) is 9.10. The van der Waals surface area contributed by atoms with E-state index in [-0.39, 0.29) is 11.9 Å². The van der Waals surface area contributed by atoms with E-state index in [2.05, 4.69) is 10.3 Å². The number of hydrogen-bond acceptors (Lipinski definition) is 2. The Kier molecular flexibility index (Phi) is 4.51. The molecule has 1 atom stereocenters. The predicted octanol–water partition coefficient (Wildman–Crippen LogP) is 3.69. The average Bonchev–Trinajstić information content (AvgIpc) is 2.39. The van der Waals surface area contributed by atoms with Gasteiger partial charge in [-0.1, -0.05) is 11.6 Å². The zero-order valence-electron chi connectivity index (χ0n) is 11.0. The number of nitrogens with zero attached hydrogens (tertiary/aromatic N) is 1. The van der Waals surface area contributed by atoms with Crippen LogP contribution in [0, 0.1) is 12.7 Å². The summed E-state index contributed by atoms with van der Waals surface area (Å²) >= 11 is 6.11. The number of likely N-dealkylation sites (N-methyl/N-ethyl adjacent to an activating group) is 1. The molecule has 0 aliphatic carbocycles. The molecule has 2 aromatic rings. The summed E-state index contributed by atoms with van der Waals surface area (Å²) in [6.07, 6.45) is 2.42. The molecule has 0 saturated carbocycles. The van der Waals surface area contributed by atoms with Gasteiger partial charge in [0, 0.05) is 23.0 Å². The molecule has 1 unspecified atom stereocenters. The van der Waals surface area contributed by atoms with E-state index in [1.165, 1.54) is 12.1 Å². The Morgan fingerprint density at radius 3 is 2.79 bits per heavy atom. The number of pyridine rings is 1. The maximum absolute atomic E-state index is 13.3. The van der Waals surface area contributed by atoms with E-state index in [4.69, 9.17) is 11.6 Å². The lowest BCUT2D eigenvalue weighted by Crippen LogP contribution is -2.19. The molecule has 0 bridgehead atoms. The van der Waals surface area contributed by atoms with Crippen molar-refractivity contribution in [1.29, 1.82) is 0 Å². The number of hydrogen-bond donors (Lipinski definition) is 1. The molecule has 0 fully saturated rings. The van der Waals surface area contributed by atoms with Crippen LogP contribution in [0.2, 0.25) is 5.02 Å². The molecule has 2 nitrogen and oxygen atoms in total. The van der Waals surface area contributed by atoms with Crippen LogP contribution in [0.1, 0.15) is 22.9 Å². The van der Waals surface area contributed by atoms with Gasteiger partial charge in [0.25, 0.3) is 0 Å². The number of aromatic nitrogens is 1. The van der Waals surface area contributed by atoms with E-state index in [1.54, 1.807) is 12.3 Å². The van der Waals surface area contributed by atoms with Gasteiger partial charge in [0.15, 0.2) is 0 Å². The van der Waals surface area contributed by atoms with Crippen LogP contribution in [0.25, 0.3) is 0 Å². The number of rotatable bonds is 4. The quantitative estimate of drug-likeness (QED) is 0.923. The Labute approximate surface area is 117 Å². The van der Waals surface area contributed by atoms with Crippen molar-refractivity contribution in [2.24, 2.45) is 0 Å². The fourth-order valence-corrected chi connectivity index (χ4v) is 2.29. The van der Waals surface area contributed by atoms with Crippen LogP contribution in [-0.4, -0.2) is 12.0 Å². The minimum absolute atomic E-state index is 0.0843. The highest BCUT2D eigenvalue weighted by molar-refractivity contribution is 6.31. The molecule has 0 saturated heterocycles. The lowest BCUT2D eigenvalue weighted by molar-refractivity contribution is 0.583. The van der Waals surface area contributed by atoms with E-state index >= 15 is 0 Å². The number of nitrogens with one attached hydrogen (secondary N) is 1. The van der Waals surface area contributed by atoms with Crippen molar-refractivity contribution in [2.75, 3.05) is 7.05 Å². The van der Waals surface area contributed by atoms with Gasteiger partial charge in [0.2, 0.25) is 0 Å². The minimum Gasteiger partial charge on any atom is -0.313 e. The Morgan fingerprint density at radius 2 is 2.11 bits per heavy atom. The molecule has 19 heavy (non-hydrogen) atoms. The van der Waals surface area contributed by atoms with Crippen molar-refractivity contribution in [3.63, 3.8) is 0 Å². The SMILES string of the molecule is CNC(Cc1cc(F)ccc1Cl)c1ccnc(C)c1. The van der Waals surface area contributed by atoms with E-state index in [0.717, 1.165) is 16.8 Å². The highest BCUT2D eigenvalue weighted by atomic mass is 35.5. The third kappa shape index (κ3) is 3.52. The molecule has 0 aliphatic rings. The Balaban J connectivity index is 2.26. The van der Waals surface area contributed by atoms with Crippen LogP contribution < -0.4 is 5.32 Å². The van der Waals surface area contributed by atoms with Crippen LogP contribution in [0.15, 0.2) is 36.5 Å². The summed E-state index contributed by atoms with van der Waals surface area (Å²) in [4.78, 5) is 4.18. The Morgan fingerprint density at radius 1 is 1.32 bits per heavy atom. The zero-order chi connectivity index (χ0) is 13.8. The van der Waals surface area contributed by atoms with Crippen LogP contribution in [0.4, 0.5) is 4.39 Å². The summed E-state index contributed by atoms with van der Waals surface area (Å²) in [5.41, 5.74) is 2.88. The van der Waals surface area contributed by atoms with Gasteiger partial charge in [0.1, 0.15) is 5.82 Å². The lowest BCUT2D eigenvalue weighted by atomic mass is 9.99. The molecule has 1 aromatic heterocycles. The molecule has 2 rings (SSSR count). The molecular formula is C15H16ClFN2. The van der Waals surface area contributed by atoms with Crippen molar-refractivity contribution in [3.05, 3.63) is 64.2 Å². The van der Waals surface area contributed by atoms with Gasteiger partial charge in [-0.15, -0.1) is 0 Å². The van der Waals surface area contributed by atoms with Gasteiger partial charge in [-0.05, 0) is 61.9 Å². The van der Waals surface area contributed by atoms with Crippen LogP contribution in [0.3, 0.4) is 0 Å². The normalized spacial score (nSPS) is 12.4.